The molecule has 0 aliphatic rings. The molecule has 9 heteroatoms. The Kier molecular flexibility index (Phi) is 6.52. The monoisotopic (exact) mass is 256 g/mol. The normalized spacial score (nSPS) is 12.5. The summed E-state index contributed by atoms with van der Waals surface area (Å²) >= 11 is 11.5. The summed E-state index contributed by atoms with van der Waals surface area (Å²) in [4.78, 5) is 0. The Balaban J connectivity index is 0. The molecule has 76 valence electrons. The van der Waals surface area contributed by atoms with Gasteiger partial charge >= 0.3 is 16.6 Å². The van der Waals surface area contributed by atoms with Gasteiger partial charge in [-0.15, -0.1) is 0 Å². The summed E-state index contributed by atoms with van der Waals surface area (Å²) < 4.78 is 64.6. The molecular formula is C3HCl3F6. The SMILES string of the molecule is FC(F)(Cl)C(F)(F)Cl.FC(F)Cl. The molecule has 0 saturated heterocycles. The Morgan fingerprint density at radius 1 is 0.833 bits per heavy atom. The van der Waals surface area contributed by atoms with Crippen LogP contribution < -0.4 is 0 Å². The Labute approximate surface area is 78.4 Å². The lowest BCUT2D eigenvalue weighted by molar-refractivity contribution is -0.0960. The van der Waals surface area contributed by atoms with Crippen molar-refractivity contribution in [2.24, 2.45) is 0 Å². The maximum absolute atomic E-state index is 11.1. The van der Waals surface area contributed by atoms with Crippen LogP contribution in [-0.2, 0) is 0 Å². The highest BCUT2D eigenvalue weighted by Crippen LogP contribution is 2.40. The maximum atomic E-state index is 11.1. The van der Waals surface area contributed by atoms with Crippen LogP contribution in [0.15, 0.2) is 0 Å². The number of hydrogen-bond acceptors (Lipinski definition) is 0. The highest BCUT2D eigenvalue weighted by molar-refractivity contribution is 6.31. The molecule has 0 fully saturated rings. The van der Waals surface area contributed by atoms with Crippen LogP contribution >= 0.6 is 34.8 Å². The summed E-state index contributed by atoms with van der Waals surface area (Å²) in [5, 5.41) is -9.32. The van der Waals surface area contributed by atoms with E-state index in [1.54, 1.807) is 0 Å². The van der Waals surface area contributed by atoms with Gasteiger partial charge in [-0.2, -0.15) is 26.3 Å². The largest absolute Gasteiger partial charge is 0.398 e. The van der Waals surface area contributed by atoms with Gasteiger partial charge in [-0.25, -0.2) is 0 Å². The number of alkyl halides is 9. The molecule has 0 amide bonds. The molecule has 0 nitrogen and oxygen atoms in total. The standard InChI is InChI=1S/C2Cl2F4.CHClF2/c3-1(5,6)2(4,7)8;2-1(3)4/h;1H. The van der Waals surface area contributed by atoms with Crippen molar-refractivity contribution >= 4 is 34.8 Å². The number of halogens is 9. The van der Waals surface area contributed by atoms with Crippen LogP contribution in [0.5, 0.6) is 0 Å². The first-order valence-corrected chi connectivity index (χ1v) is 3.23. The molecule has 12 heavy (non-hydrogen) atoms. The van der Waals surface area contributed by atoms with Crippen LogP contribution in [-0.4, -0.2) is 16.6 Å². The van der Waals surface area contributed by atoms with E-state index in [1.807, 2.05) is 0 Å². The minimum Gasteiger partial charge on any atom is -0.192 e. The summed E-state index contributed by atoms with van der Waals surface area (Å²) in [5.41, 5.74) is 0. The highest BCUT2D eigenvalue weighted by Gasteiger charge is 2.53. The molecule has 0 saturated carbocycles. The lowest BCUT2D eigenvalue weighted by atomic mass is 10.7. The van der Waals surface area contributed by atoms with E-state index in [-0.39, 0.29) is 0 Å². The van der Waals surface area contributed by atoms with Gasteiger partial charge in [0.25, 0.3) is 0 Å². The summed E-state index contributed by atoms with van der Waals surface area (Å²) in [5.74, 6) is -2.69. The van der Waals surface area contributed by atoms with Crippen LogP contribution in [0, 0.1) is 0 Å². The zero-order valence-electron chi connectivity index (χ0n) is 4.98. The van der Waals surface area contributed by atoms with E-state index in [0.717, 1.165) is 0 Å². The van der Waals surface area contributed by atoms with Gasteiger partial charge in [0.15, 0.2) is 0 Å². The predicted molar refractivity (Wildman–Crippen MR) is 33.5 cm³/mol. The van der Waals surface area contributed by atoms with Gasteiger partial charge in [0, 0.05) is 0 Å². The minimum atomic E-state index is -4.66. The predicted octanol–water partition coefficient (Wildman–Crippen LogP) is 4.10. The second kappa shape index (κ2) is 5.24. The van der Waals surface area contributed by atoms with E-state index in [1.165, 1.54) is 0 Å². The Morgan fingerprint density at radius 3 is 0.917 bits per heavy atom. The lowest BCUT2D eigenvalue weighted by Gasteiger charge is -2.11. The van der Waals surface area contributed by atoms with Crippen molar-refractivity contribution in [2.45, 2.75) is 16.6 Å². The molecule has 0 atom stereocenters. The third-order valence-electron chi connectivity index (χ3n) is 0.321. The van der Waals surface area contributed by atoms with Crippen molar-refractivity contribution in [1.82, 2.24) is 0 Å². The van der Waals surface area contributed by atoms with E-state index in [4.69, 9.17) is 0 Å². The van der Waals surface area contributed by atoms with Crippen LogP contribution in [0.1, 0.15) is 0 Å². The van der Waals surface area contributed by atoms with E-state index < -0.39 is 16.6 Å². The smallest absolute Gasteiger partial charge is 0.192 e. The zero-order chi connectivity index (χ0) is 10.6. The second-order valence-electron chi connectivity index (χ2n) is 1.24. The molecule has 0 unspecified atom stereocenters. The van der Waals surface area contributed by atoms with E-state index in [2.05, 4.69) is 34.8 Å². The van der Waals surface area contributed by atoms with Gasteiger partial charge in [-0.3, -0.25) is 0 Å². The highest BCUT2D eigenvalue weighted by atomic mass is 35.5. The summed E-state index contributed by atoms with van der Waals surface area (Å²) in [7, 11) is 0. The first-order chi connectivity index (χ1) is 4.98. The third kappa shape index (κ3) is 10.4. The molecular weight excluding hydrogens is 256 g/mol. The summed E-state index contributed by atoms with van der Waals surface area (Å²) in [6, 6.07) is 0. The molecule has 0 aromatic heterocycles. The maximum Gasteiger partial charge on any atom is 0.398 e. The first-order valence-electron chi connectivity index (χ1n) is 2.04. The van der Waals surface area contributed by atoms with Gasteiger partial charge in [0.1, 0.15) is 0 Å². The van der Waals surface area contributed by atoms with E-state index in [0.29, 0.717) is 0 Å². The molecule has 0 aliphatic carbocycles. The number of rotatable bonds is 1. The fourth-order valence-corrected chi connectivity index (χ4v) is 0. The Hall–Kier alpha value is 0.450. The lowest BCUT2D eigenvalue weighted by Crippen LogP contribution is -2.28. The van der Waals surface area contributed by atoms with Crippen molar-refractivity contribution in [3.05, 3.63) is 0 Å². The van der Waals surface area contributed by atoms with E-state index >= 15 is 0 Å². The molecule has 0 aliphatic heterocycles. The van der Waals surface area contributed by atoms with Crippen LogP contribution in [0.25, 0.3) is 0 Å². The topological polar surface area (TPSA) is 0 Å². The first kappa shape index (κ1) is 14.9. The third-order valence-corrected chi connectivity index (χ3v) is 0.893. The summed E-state index contributed by atoms with van der Waals surface area (Å²) in [6.07, 6.45) is 0. The fraction of sp³-hybridized carbons (Fsp3) is 1.00. The molecule has 0 radical (unpaired) electrons. The molecule has 0 spiro atoms. The fourth-order valence-electron chi connectivity index (χ4n) is 0. The quantitative estimate of drug-likeness (QED) is 0.490. The van der Waals surface area contributed by atoms with Crippen molar-refractivity contribution in [1.29, 1.82) is 0 Å². The molecule has 0 rings (SSSR count). The van der Waals surface area contributed by atoms with Crippen molar-refractivity contribution in [2.75, 3.05) is 0 Å². The summed E-state index contributed by atoms with van der Waals surface area (Å²) in [6.45, 7) is 0. The number of hydrogen-bond donors (Lipinski definition) is 0. The molecule has 0 bridgehead atoms. The van der Waals surface area contributed by atoms with E-state index in [9.17, 15) is 26.3 Å². The van der Waals surface area contributed by atoms with Crippen LogP contribution in [0.2, 0.25) is 0 Å². The van der Waals surface area contributed by atoms with Crippen molar-refractivity contribution < 1.29 is 26.3 Å². The molecule has 0 aromatic rings. The average molecular weight is 257 g/mol. The minimum absolute atomic E-state index is 2.69. The van der Waals surface area contributed by atoms with Gasteiger partial charge in [-0.1, -0.05) is 11.6 Å². The Morgan fingerprint density at radius 2 is 0.917 bits per heavy atom. The van der Waals surface area contributed by atoms with Gasteiger partial charge in [-0.05, 0) is 23.2 Å². The zero-order valence-corrected chi connectivity index (χ0v) is 7.25. The van der Waals surface area contributed by atoms with Crippen LogP contribution in [0.4, 0.5) is 26.3 Å². The molecule has 0 N–H and O–H groups in total. The molecule has 0 aromatic carbocycles. The van der Waals surface area contributed by atoms with Crippen molar-refractivity contribution in [3.63, 3.8) is 0 Å². The second-order valence-corrected chi connectivity index (χ2v) is 2.52. The van der Waals surface area contributed by atoms with Crippen LogP contribution in [0.3, 0.4) is 0 Å². The molecule has 0 heterocycles. The average Bonchev–Trinajstić information content (AvgIpc) is 1.55. The van der Waals surface area contributed by atoms with Gasteiger partial charge in [0.05, 0.1) is 0 Å². The Bertz CT molecular complexity index is 99.4. The van der Waals surface area contributed by atoms with Gasteiger partial charge < -0.3 is 0 Å². The van der Waals surface area contributed by atoms with Crippen molar-refractivity contribution in [3.8, 4) is 0 Å². The van der Waals surface area contributed by atoms with Gasteiger partial charge in [0.2, 0.25) is 0 Å².